The molecule has 0 unspecified atom stereocenters. The highest BCUT2D eigenvalue weighted by Crippen LogP contribution is 2.12. The van der Waals surface area contributed by atoms with E-state index in [1.54, 1.807) is 12.2 Å². The lowest BCUT2D eigenvalue weighted by molar-refractivity contribution is 0.380. The Bertz CT molecular complexity index is 310. The molecular formula is C20H34O. The van der Waals surface area contributed by atoms with Gasteiger partial charge in [0.25, 0.3) is 0 Å². The van der Waals surface area contributed by atoms with Crippen molar-refractivity contribution in [2.45, 2.75) is 77.6 Å². The van der Waals surface area contributed by atoms with Gasteiger partial charge in [-0.15, -0.1) is 0 Å². The fourth-order valence-electron chi connectivity index (χ4n) is 2.25. The first-order valence-electron chi connectivity index (χ1n) is 8.65. The topological polar surface area (TPSA) is 20.2 Å². The minimum Gasteiger partial charge on any atom is -0.512 e. The lowest BCUT2D eigenvalue weighted by Crippen LogP contribution is -1.84. The predicted molar refractivity (Wildman–Crippen MR) is 95.6 cm³/mol. The summed E-state index contributed by atoms with van der Waals surface area (Å²) < 4.78 is 0. The SMILES string of the molecule is C=C/C=C/C=C/C=C(\O)CCCCCCCCCCCC. The van der Waals surface area contributed by atoms with Crippen LogP contribution in [-0.4, -0.2) is 5.11 Å². The molecule has 120 valence electrons. The van der Waals surface area contributed by atoms with Crippen molar-refractivity contribution in [2.75, 3.05) is 0 Å². The molecule has 0 aliphatic heterocycles. The van der Waals surface area contributed by atoms with E-state index < -0.39 is 0 Å². The van der Waals surface area contributed by atoms with Crippen molar-refractivity contribution in [1.29, 1.82) is 0 Å². The molecule has 0 heterocycles. The van der Waals surface area contributed by atoms with E-state index in [0.717, 1.165) is 12.8 Å². The average molecular weight is 290 g/mol. The second-order valence-corrected chi connectivity index (χ2v) is 5.60. The zero-order valence-electron chi connectivity index (χ0n) is 13.9. The van der Waals surface area contributed by atoms with Crippen LogP contribution >= 0.6 is 0 Å². The van der Waals surface area contributed by atoms with Gasteiger partial charge >= 0.3 is 0 Å². The molecule has 0 fully saturated rings. The molecule has 0 spiro atoms. The van der Waals surface area contributed by atoms with Crippen molar-refractivity contribution in [3.8, 4) is 0 Å². The Kier molecular flexibility index (Phi) is 15.8. The maximum Gasteiger partial charge on any atom is 0.0922 e. The first-order valence-corrected chi connectivity index (χ1v) is 8.65. The Labute approximate surface area is 132 Å². The molecule has 21 heavy (non-hydrogen) atoms. The van der Waals surface area contributed by atoms with Crippen LogP contribution in [0.15, 0.2) is 48.8 Å². The lowest BCUT2D eigenvalue weighted by Gasteiger charge is -2.02. The zero-order valence-corrected chi connectivity index (χ0v) is 13.9. The van der Waals surface area contributed by atoms with Crippen LogP contribution in [0, 0.1) is 0 Å². The standard InChI is InChI=1S/C20H34O/c1-3-5-7-9-10-11-12-13-15-17-19-20(21)18-16-14-8-6-4-2/h4,6,8,14,16,18,21H,2-3,5,7,9-13,15,17,19H2,1H3/b8-6+,16-14+,20-18-. The molecule has 0 aromatic rings. The molecule has 0 bridgehead atoms. The van der Waals surface area contributed by atoms with Crippen LogP contribution in [0.3, 0.4) is 0 Å². The number of hydrogen-bond donors (Lipinski definition) is 1. The van der Waals surface area contributed by atoms with Gasteiger partial charge in [0, 0.05) is 6.42 Å². The van der Waals surface area contributed by atoms with Gasteiger partial charge in [0.15, 0.2) is 0 Å². The molecule has 1 nitrogen and oxygen atoms in total. The molecular weight excluding hydrogens is 256 g/mol. The minimum absolute atomic E-state index is 0.484. The number of aliphatic hydroxyl groups excluding tert-OH is 1. The minimum atomic E-state index is 0.484. The van der Waals surface area contributed by atoms with Crippen LogP contribution in [0.1, 0.15) is 77.6 Å². The summed E-state index contributed by atoms with van der Waals surface area (Å²) in [5.41, 5.74) is 0. The highest BCUT2D eigenvalue weighted by atomic mass is 16.3. The van der Waals surface area contributed by atoms with Gasteiger partial charge < -0.3 is 5.11 Å². The van der Waals surface area contributed by atoms with Crippen molar-refractivity contribution in [3.63, 3.8) is 0 Å². The second-order valence-electron chi connectivity index (χ2n) is 5.60. The van der Waals surface area contributed by atoms with Crippen molar-refractivity contribution < 1.29 is 5.11 Å². The molecule has 0 aromatic carbocycles. The second kappa shape index (κ2) is 16.8. The first kappa shape index (κ1) is 19.8. The Balaban J connectivity index is 3.37. The van der Waals surface area contributed by atoms with Gasteiger partial charge in [0.05, 0.1) is 5.76 Å². The van der Waals surface area contributed by atoms with Gasteiger partial charge in [-0.2, -0.15) is 0 Å². The summed E-state index contributed by atoms with van der Waals surface area (Å²) in [7, 11) is 0. The summed E-state index contributed by atoms with van der Waals surface area (Å²) in [6.45, 7) is 5.86. The van der Waals surface area contributed by atoms with Crippen LogP contribution < -0.4 is 0 Å². The van der Waals surface area contributed by atoms with E-state index in [2.05, 4.69) is 13.5 Å². The lowest BCUT2D eigenvalue weighted by atomic mass is 10.1. The highest BCUT2D eigenvalue weighted by molar-refractivity contribution is 5.15. The number of aliphatic hydroxyl groups is 1. The van der Waals surface area contributed by atoms with Crippen LogP contribution in [0.4, 0.5) is 0 Å². The molecule has 1 heteroatoms. The quantitative estimate of drug-likeness (QED) is 0.207. The normalized spacial score (nSPS) is 12.5. The summed E-state index contributed by atoms with van der Waals surface area (Å²) in [6, 6.07) is 0. The smallest absolute Gasteiger partial charge is 0.0922 e. The van der Waals surface area contributed by atoms with Crippen LogP contribution in [-0.2, 0) is 0 Å². The van der Waals surface area contributed by atoms with E-state index in [-0.39, 0.29) is 0 Å². The monoisotopic (exact) mass is 290 g/mol. The van der Waals surface area contributed by atoms with Crippen molar-refractivity contribution >= 4 is 0 Å². The summed E-state index contributed by atoms with van der Waals surface area (Å²) in [4.78, 5) is 0. The Morgan fingerprint density at radius 2 is 1.29 bits per heavy atom. The van der Waals surface area contributed by atoms with Gasteiger partial charge in [0.2, 0.25) is 0 Å². The van der Waals surface area contributed by atoms with Crippen molar-refractivity contribution in [3.05, 3.63) is 48.8 Å². The molecule has 0 atom stereocenters. The molecule has 0 saturated heterocycles. The van der Waals surface area contributed by atoms with E-state index in [1.165, 1.54) is 57.8 Å². The molecule has 0 aliphatic carbocycles. The fourth-order valence-corrected chi connectivity index (χ4v) is 2.25. The van der Waals surface area contributed by atoms with E-state index in [9.17, 15) is 5.11 Å². The third-order valence-electron chi connectivity index (χ3n) is 3.54. The molecule has 1 N–H and O–H groups in total. The Morgan fingerprint density at radius 3 is 1.86 bits per heavy atom. The molecule has 0 aromatic heterocycles. The van der Waals surface area contributed by atoms with Crippen molar-refractivity contribution in [2.24, 2.45) is 0 Å². The summed E-state index contributed by atoms with van der Waals surface area (Å²) in [5.74, 6) is 0.484. The summed E-state index contributed by atoms with van der Waals surface area (Å²) in [5, 5.41) is 9.69. The van der Waals surface area contributed by atoms with Crippen molar-refractivity contribution in [1.82, 2.24) is 0 Å². The third kappa shape index (κ3) is 16.7. The number of rotatable bonds is 14. The number of allylic oxidation sites excluding steroid dienone is 7. The first-order chi connectivity index (χ1) is 10.3. The Morgan fingerprint density at radius 1 is 0.762 bits per heavy atom. The molecule has 0 amide bonds. The number of unbranched alkanes of at least 4 members (excludes halogenated alkanes) is 9. The van der Waals surface area contributed by atoms with E-state index in [4.69, 9.17) is 0 Å². The van der Waals surface area contributed by atoms with E-state index in [0.29, 0.717) is 5.76 Å². The molecule has 0 saturated carbocycles. The maximum atomic E-state index is 9.69. The fraction of sp³-hybridized carbons (Fsp3) is 0.600. The van der Waals surface area contributed by atoms with Crippen LogP contribution in [0.25, 0.3) is 0 Å². The summed E-state index contributed by atoms with van der Waals surface area (Å²) in [6.07, 6.45) is 25.1. The van der Waals surface area contributed by atoms with E-state index >= 15 is 0 Å². The third-order valence-corrected chi connectivity index (χ3v) is 3.54. The molecule has 0 rings (SSSR count). The van der Waals surface area contributed by atoms with Crippen LogP contribution in [0.2, 0.25) is 0 Å². The molecule has 0 aliphatic rings. The summed E-state index contributed by atoms with van der Waals surface area (Å²) >= 11 is 0. The van der Waals surface area contributed by atoms with Gasteiger partial charge in [-0.25, -0.2) is 0 Å². The van der Waals surface area contributed by atoms with Gasteiger partial charge in [0.1, 0.15) is 0 Å². The van der Waals surface area contributed by atoms with Gasteiger partial charge in [-0.1, -0.05) is 102 Å². The highest BCUT2D eigenvalue weighted by Gasteiger charge is 1.94. The van der Waals surface area contributed by atoms with Crippen LogP contribution in [0.5, 0.6) is 0 Å². The molecule has 0 radical (unpaired) electrons. The Hall–Kier alpha value is -1.24. The number of hydrogen-bond acceptors (Lipinski definition) is 1. The van der Waals surface area contributed by atoms with Gasteiger partial charge in [-0.05, 0) is 12.5 Å². The average Bonchev–Trinajstić information content (AvgIpc) is 2.49. The van der Waals surface area contributed by atoms with E-state index in [1.807, 2.05) is 24.3 Å². The largest absolute Gasteiger partial charge is 0.512 e. The predicted octanol–water partition coefficient (Wildman–Crippen LogP) is 7.04. The maximum absolute atomic E-state index is 9.69. The van der Waals surface area contributed by atoms with Gasteiger partial charge in [-0.3, -0.25) is 0 Å². The zero-order chi connectivity index (χ0) is 15.6.